The molecule has 0 radical (unpaired) electrons. The second-order valence-corrected chi connectivity index (χ2v) is 7.34. The van der Waals surface area contributed by atoms with E-state index in [4.69, 9.17) is 5.73 Å². The van der Waals surface area contributed by atoms with Gasteiger partial charge in [0.25, 0.3) is 0 Å². The predicted molar refractivity (Wildman–Crippen MR) is 97.9 cm³/mol. The van der Waals surface area contributed by atoms with Gasteiger partial charge in [0.2, 0.25) is 17.7 Å². The highest BCUT2D eigenvalue weighted by atomic mass is 16.2. The summed E-state index contributed by atoms with van der Waals surface area (Å²) in [6, 6.07) is 9.70. The first kappa shape index (κ1) is 18.4. The Morgan fingerprint density at radius 2 is 1.62 bits per heavy atom. The molecular weight excluding hydrogens is 330 g/mol. The van der Waals surface area contributed by atoms with Crippen LogP contribution in [0.3, 0.4) is 0 Å². The lowest BCUT2D eigenvalue weighted by atomic mass is 9.92. The fourth-order valence-corrected chi connectivity index (χ4v) is 3.93. The lowest BCUT2D eigenvalue weighted by Crippen LogP contribution is -2.49. The molecule has 2 N–H and O–H groups in total. The fraction of sp³-hybridized carbons (Fsp3) is 0.550. The van der Waals surface area contributed by atoms with Crippen molar-refractivity contribution in [1.82, 2.24) is 9.80 Å². The van der Waals surface area contributed by atoms with Gasteiger partial charge in [0.15, 0.2) is 0 Å². The number of carbonyl (C=O) groups excluding carboxylic acids is 3. The maximum atomic E-state index is 12.8. The van der Waals surface area contributed by atoms with Gasteiger partial charge in [0.05, 0.1) is 12.3 Å². The van der Waals surface area contributed by atoms with E-state index in [1.54, 1.807) is 0 Å². The van der Waals surface area contributed by atoms with Gasteiger partial charge < -0.3 is 15.5 Å². The van der Waals surface area contributed by atoms with Gasteiger partial charge in [0, 0.05) is 32.1 Å². The molecule has 3 amide bonds. The Hall–Kier alpha value is -2.37. The maximum Gasteiger partial charge on any atom is 0.227 e. The summed E-state index contributed by atoms with van der Waals surface area (Å²) in [5.41, 5.74) is 6.36. The molecule has 2 saturated heterocycles. The average molecular weight is 357 g/mol. The van der Waals surface area contributed by atoms with Gasteiger partial charge in [0.1, 0.15) is 0 Å². The third kappa shape index (κ3) is 4.42. The summed E-state index contributed by atoms with van der Waals surface area (Å²) in [4.78, 5) is 40.4. The molecule has 2 aliphatic heterocycles. The van der Waals surface area contributed by atoms with Gasteiger partial charge in [-0.1, -0.05) is 30.3 Å². The molecule has 1 atom stereocenters. The monoisotopic (exact) mass is 357 g/mol. The van der Waals surface area contributed by atoms with Crippen molar-refractivity contribution in [1.29, 1.82) is 0 Å². The van der Waals surface area contributed by atoms with E-state index < -0.39 is 0 Å². The van der Waals surface area contributed by atoms with Crippen LogP contribution in [0.1, 0.15) is 31.2 Å². The highest BCUT2D eigenvalue weighted by molar-refractivity contribution is 5.83. The Morgan fingerprint density at radius 3 is 2.27 bits per heavy atom. The Morgan fingerprint density at radius 1 is 0.923 bits per heavy atom. The third-order valence-electron chi connectivity index (χ3n) is 5.53. The molecule has 26 heavy (non-hydrogen) atoms. The fourth-order valence-electron chi connectivity index (χ4n) is 3.93. The number of piperidine rings is 2. The number of primary amides is 1. The van der Waals surface area contributed by atoms with Gasteiger partial charge in [-0.2, -0.15) is 0 Å². The largest absolute Gasteiger partial charge is 0.369 e. The van der Waals surface area contributed by atoms with Crippen LogP contribution in [0, 0.1) is 11.8 Å². The quantitative estimate of drug-likeness (QED) is 0.879. The second kappa shape index (κ2) is 8.34. The van der Waals surface area contributed by atoms with E-state index in [9.17, 15) is 14.4 Å². The molecule has 2 fully saturated rings. The molecule has 2 heterocycles. The molecule has 1 unspecified atom stereocenters. The molecule has 0 aliphatic carbocycles. The Bertz CT molecular complexity index is 654. The van der Waals surface area contributed by atoms with Crippen LogP contribution in [-0.4, -0.2) is 53.7 Å². The van der Waals surface area contributed by atoms with Crippen molar-refractivity contribution >= 4 is 17.7 Å². The maximum absolute atomic E-state index is 12.8. The van der Waals surface area contributed by atoms with Crippen LogP contribution in [-0.2, 0) is 20.8 Å². The van der Waals surface area contributed by atoms with E-state index in [0.29, 0.717) is 38.9 Å². The minimum absolute atomic E-state index is 0.0844. The molecule has 140 valence electrons. The molecular formula is C20H27N3O3. The van der Waals surface area contributed by atoms with Crippen LogP contribution in [0.5, 0.6) is 0 Å². The van der Waals surface area contributed by atoms with Gasteiger partial charge in [-0.25, -0.2) is 0 Å². The predicted octanol–water partition coefficient (Wildman–Crippen LogP) is 1.19. The summed E-state index contributed by atoms with van der Waals surface area (Å²) < 4.78 is 0. The molecule has 1 aromatic carbocycles. The second-order valence-electron chi connectivity index (χ2n) is 7.34. The molecule has 0 spiro atoms. The Labute approximate surface area is 154 Å². The van der Waals surface area contributed by atoms with E-state index in [1.807, 2.05) is 40.1 Å². The SMILES string of the molecule is NC(=O)C1CCN(C(=O)C2CCCN(C(=O)Cc3ccccc3)C2)CC1. The summed E-state index contributed by atoms with van der Waals surface area (Å²) in [5, 5.41) is 0. The number of benzene rings is 1. The number of rotatable bonds is 4. The Balaban J connectivity index is 1.54. The van der Waals surface area contributed by atoms with Crippen LogP contribution >= 0.6 is 0 Å². The number of carbonyl (C=O) groups is 3. The summed E-state index contributed by atoms with van der Waals surface area (Å²) >= 11 is 0. The van der Waals surface area contributed by atoms with Crippen molar-refractivity contribution < 1.29 is 14.4 Å². The zero-order valence-electron chi connectivity index (χ0n) is 15.1. The lowest BCUT2D eigenvalue weighted by molar-refractivity contribution is -0.142. The van der Waals surface area contributed by atoms with Crippen LogP contribution in [0.25, 0.3) is 0 Å². The zero-order chi connectivity index (χ0) is 18.5. The first-order valence-corrected chi connectivity index (χ1v) is 9.44. The zero-order valence-corrected chi connectivity index (χ0v) is 15.1. The number of amides is 3. The van der Waals surface area contributed by atoms with Crippen LogP contribution in [0.2, 0.25) is 0 Å². The molecule has 3 rings (SSSR count). The lowest BCUT2D eigenvalue weighted by Gasteiger charge is -2.37. The van der Waals surface area contributed by atoms with Crippen molar-refractivity contribution in [3.05, 3.63) is 35.9 Å². The van der Waals surface area contributed by atoms with Crippen LogP contribution in [0.4, 0.5) is 0 Å². The molecule has 2 aliphatic rings. The third-order valence-corrected chi connectivity index (χ3v) is 5.53. The van der Waals surface area contributed by atoms with E-state index in [1.165, 1.54) is 0 Å². The smallest absolute Gasteiger partial charge is 0.227 e. The van der Waals surface area contributed by atoms with Gasteiger partial charge >= 0.3 is 0 Å². The molecule has 6 nitrogen and oxygen atoms in total. The minimum atomic E-state index is -0.271. The number of nitrogens with two attached hydrogens (primary N) is 1. The van der Waals surface area contributed by atoms with Crippen molar-refractivity contribution in [2.75, 3.05) is 26.2 Å². The van der Waals surface area contributed by atoms with E-state index in [2.05, 4.69) is 0 Å². The molecule has 0 bridgehead atoms. The normalized spacial score (nSPS) is 21.5. The van der Waals surface area contributed by atoms with Crippen molar-refractivity contribution in [3.8, 4) is 0 Å². The number of hydrogen-bond acceptors (Lipinski definition) is 3. The van der Waals surface area contributed by atoms with Crippen molar-refractivity contribution in [2.45, 2.75) is 32.1 Å². The van der Waals surface area contributed by atoms with Gasteiger partial charge in [-0.3, -0.25) is 14.4 Å². The summed E-state index contributed by atoms with van der Waals surface area (Å²) in [7, 11) is 0. The summed E-state index contributed by atoms with van der Waals surface area (Å²) in [6.07, 6.45) is 3.35. The van der Waals surface area contributed by atoms with Crippen LogP contribution < -0.4 is 5.73 Å². The van der Waals surface area contributed by atoms with E-state index in [-0.39, 0.29) is 29.6 Å². The first-order valence-electron chi connectivity index (χ1n) is 9.44. The number of likely N-dealkylation sites (tertiary alicyclic amines) is 2. The van der Waals surface area contributed by atoms with E-state index in [0.717, 1.165) is 24.9 Å². The summed E-state index contributed by atoms with van der Waals surface area (Å²) in [6.45, 7) is 2.39. The Kier molecular flexibility index (Phi) is 5.91. The standard InChI is InChI=1S/C20H27N3O3/c21-19(25)16-8-11-22(12-9-16)20(26)17-7-4-10-23(14-17)18(24)13-15-5-2-1-3-6-15/h1-3,5-6,16-17H,4,7-14H2,(H2,21,25). The molecule has 0 saturated carbocycles. The van der Waals surface area contributed by atoms with Crippen LogP contribution in [0.15, 0.2) is 30.3 Å². The minimum Gasteiger partial charge on any atom is -0.369 e. The molecule has 1 aromatic rings. The highest BCUT2D eigenvalue weighted by Crippen LogP contribution is 2.23. The molecule has 0 aromatic heterocycles. The summed E-state index contributed by atoms with van der Waals surface area (Å²) in [5.74, 6) is -0.318. The van der Waals surface area contributed by atoms with Crippen molar-refractivity contribution in [3.63, 3.8) is 0 Å². The van der Waals surface area contributed by atoms with Gasteiger partial charge in [-0.05, 0) is 31.2 Å². The molecule has 6 heteroatoms. The number of hydrogen-bond donors (Lipinski definition) is 1. The van der Waals surface area contributed by atoms with Crippen molar-refractivity contribution in [2.24, 2.45) is 17.6 Å². The highest BCUT2D eigenvalue weighted by Gasteiger charge is 2.33. The van der Waals surface area contributed by atoms with E-state index >= 15 is 0 Å². The van der Waals surface area contributed by atoms with Gasteiger partial charge in [-0.15, -0.1) is 0 Å². The number of nitrogens with zero attached hydrogens (tertiary/aromatic N) is 2. The topological polar surface area (TPSA) is 83.7 Å². The average Bonchev–Trinajstić information content (AvgIpc) is 2.68. The first-order chi connectivity index (χ1) is 12.5.